The predicted molar refractivity (Wildman–Crippen MR) is 86.0 cm³/mol. The Kier molecular flexibility index (Phi) is 5.89. The second-order valence-electron chi connectivity index (χ2n) is 5.03. The minimum atomic E-state index is -0.342. The van der Waals surface area contributed by atoms with E-state index in [1.54, 1.807) is 6.07 Å². The lowest BCUT2D eigenvalue weighted by Crippen LogP contribution is -2.10. The van der Waals surface area contributed by atoms with Crippen LogP contribution < -0.4 is 4.74 Å². The van der Waals surface area contributed by atoms with Crippen LogP contribution in [0.2, 0.25) is 5.02 Å². The molecule has 112 valence electrons. The first-order chi connectivity index (χ1) is 10.1. The highest BCUT2D eigenvalue weighted by Gasteiger charge is 2.12. The fourth-order valence-corrected chi connectivity index (χ4v) is 2.78. The van der Waals surface area contributed by atoms with Crippen molar-refractivity contribution in [3.8, 4) is 5.75 Å². The zero-order valence-electron chi connectivity index (χ0n) is 11.8. The van der Waals surface area contributed by atoms with Crippen LogP contribution in [0.1, 0.15) is 11.1 Å². The van der Waals surface area contributed by atoms with E-state index < -0.39 is 0 Å². The fraction of sp³-hybridized carbons (Fsp3) is 0.294. The van der Waals surface area contributed by atoms with Crippen LogP contribution in [0.4, 0.5) is 4.39 Å². The number of methoxy groups -OCH3 is 1. The van der Waals surface area contributed by atoms with Crippen LogP contribution in [-0.4, -0.2) is 13.0 Å². The number of benzene rings is 2. The zero-order chi connectivity index (χ0) is 15.2. The molecule has 21 heavy (non-hydrogen) atoms. The van der Waals surface area contributed by atoms with Crippen molar-refractivity contribution in [1.82, 2.24) is 0 Å². The van der Waals surface area contributed by atoms with Gasteiger partial charge in [-0.05, 0) is 54.2 Å². The maximum atomic E-state index is 13.7. The fourth-order valence-electron chi connectivity index (χ4n) is 2.35. The summed E-state index contributed by atoms with van der Waals surface area (Å²) in [4.78, 5) is 0. The number of ether oxygens (including phenoxy) is 1. The molecule has 0 aliphatic carbocycles. The van der Waals surface area contributed by atoms with Crippen molar-refractivity contribution >= 4 is 23.2 Å². The van der Waals surface area contributed by atoms with E-state index in [-0.39, 0.29) is 17.5 Å². The second kappa shape index (κ2) is 7.67. The molecule has 0 bridgehead atoms. The van der Waals surface area contributed by atoms with Gasteiger partial charge in [-0.25, -0.2) is 4.39 Å². The summed E-state index contributed by atoms with van der Waals surface area (Å²) in [5.74, 6) is 0.667. The lowest BCUT2D eigenvalue weighted by molar-refractivity contribution is 0.386. The standard InChI is InChI=1S/C17H17Cl2FO/c1-21-17-6-5-13(10-16(17)20)8-14(11-18)7-12-3-2-4-15(19)9-12/h2-6,9-10,14H,7-8,11H2,1H3. The van der Waals surface area contributed by atoms with Crippen LogP contribution in [0.15, 0.2) is 42.5 Å². The SMILES string of the molecule is COc1ccc(CC(CCl)Cc2cccc(Cl)c2)cc1F. The Morgan fingerprint density at radius 2 is 1.81 bits per heavy atom. The molecule has 0 saturated carbocycles. The van der Waals surface area contributed by atoms with E-state index in [0.29, 0.717) is 5.88 Å². The summed E-state index contributed by atoms with van der Waals surface area (Å²) >= 11 is 12.0. The van der Waals surface area contributed by atoms with Gasteiger partial charge in [0.2, 0.25) is 0 Å². The molecule has 1 atom stereocenters. The smallest absolute Gasteiger partial charge is 0.165 e. The molecular formula is C17H17Cl2FO. The number of alkyl halides is 1. The lowest BCUT2D eigenvalue weighted by atomic mass is 9.94. The predicted octanol–water partition coefficient (Wildman–Crippen LogP) is 5.13. The quantitative estimate of drug-likeness (QED) is 0.669. The van der Waals surface area contributed by atoms with Gasteiger partial charge in [0, 0.05) is 10.9 Å². The highest BCUT2D eigenvalue weighted by atomic mass is 35.5. The van der Waals surface area contributed by atoms with Gasteiger partial charge in [-0.1, -0.05) is 29.8 Å². The van der Waals surface area contributed by atoms with Crippen molar-refractivity contribution < 1.29 is 9.13 Å². The Labute approximate surface area is 134 Å². The van der Waals surface area contributed by atoms with Crippen LogP contribution in [-0.2, 0) is 12.8 Å². The summed E-state index contributed by atoms with van der Waals surface area (Å²) in [6, 6.07) is 12.8. The highest BCUT2D eigenvalue weighted by Crippen LogP contribution is 2.22. The summed E-state index contributed by atoms with van der Waals surface area (Å²) < 4.78 is 18.6. The highest BCUT2D eigenvalue weighted by molar-refractivity contribution is 6.30. The van der Waals surface area contributed by atoms with Crippen LogP contribution >= 0.6 is 23.2 Å². The monoisotopic (exact) mass is 326 g/mol. The summed E-state index contributed by atoms with van der Waals surface area (Å²) in [5, 5.41) is 0.719. The van der Waals surface area contributed by atoms with E-state index >= 15 is 0 Å². The van der Waals surface area contributed by atoms with Gasteiger partial charge in [-0.3, -0.25) is 0 Å². The van der Waals surface area contributed by atoms with Crippen molar-refractivity contribution in [3.63, 3.8) is 0 Å². The third-order valence-electron chi connectivity index (χ3n) is 3.37. The van der Waals surface area contributed by atoms with Gasteiger partial charge >= 0.3 is 0 Å². The van der Waals surface area contributed by atoms with Gasteiger partial charge in [-0.2, -0.15) is 0 Å². The van der Waals surface area contributed by atoms with Gasteiger partial charge in [0.25, 0.3) is 0 Å². The average Bonchev–Trinajstić information content (AvgIpc) is 2.47. The molecule has 0 N–H and O–H groups in total. The summed E-state index contributed by atoms with van der Waals surface area (Å²) in [6.07, 6.45) is 1.54. The zero-order valence-corrected chi connectivity index (χ0v) is 13.3. The molecule has 2 aromatic rings. The molecule has 1 unspecified atom stereocenters. The molecule has 0 aliphatic heterocycles. The number of hydrogen-bond donors (Lipinski definition) is 0. The molecular weight excluding hydrogens is 310 g/mol. The molecule has 0 saturated heterocycles. The summed E-state index contributed by atoms with van der Waals surface area (Å²) in [7, 11) is 1.46. The van der Waals surface area contributed by atoms with Crippen LogP contribution in [0.25, 0.3) is 0 Å². The van der Waals surface area contributed by atoms with E-state index in [2.05, 4.69) is 0 Å². The van der Waals surface area contributed by atoms with Crippen molar-refractivity contribution in [3.05, 3.63) is 64.4 Å². The molecule has 4 heteroatoms. The summed E-state index contributed by atoms with van der Waals surface area (Å²) in [6.45, 7) is 0. The largest absolute Gasteiger partial charge is 0.494 e. The molecule has 0 radical (unpaired) electrons. The van der Waals surface area contributed by atoms with Gasteiger partial charge < -0.3 is 4.74 Å². The molecule has 0 aromatic heterocycles. The first kappa shape index (κ1) is 16.1. The van der Waals surface area contributed by atoms with Gasteiger partial charge in [0.15, 0.2) is 11.6 Å². The Morgan fingerprint density at radius 3 is 2.38 bits per heavy atom. The van der Waals surface area contributed by atoms with Crippen LogP contribution in [0.3, 0.4) is 0 Å². The Hall–Kier alpha value is -1.25. The molecule has 0 amide bonds. The Bertz CT molecular complexity index is 601. The number of rotatable bonds is 6. The summed E-state index contributed by atoms with van der Waals surface area (Å²) in [5.41, 5.74) is 2.06. The second-order valence-corrected chi connectivity index (χ2v) is 5.77. The molecule has 2 aromatic carbocycles. The van der Waals surface area contributed by atoms with Crippen molar-refractivity contribution in [1.29, 1.82) is 0 Å². The van der Waals surface area contributed by atoms with E-state index in [1.165, 1.54) is 13.2 Å². The first-order valence-corrected chi connectivity index (χ1v) is 7.66. The number of halogens is 3. The Morgan fingerprint density at radius 1 is 1.10 bits per heavy atom. The molecule has 0 fully saturated rings. The van der Waals surface area contributed by atoms with Gasteiger partial charge in [-0.15, -0.1) is 11.6 Å². The lowest BCUT2D eigenvalue weighted by Gasteiger charge is -2.15. The van der Waals surface area contributed by atoms with Gasteiger partial charge in [0.05, 0.1) is 7.11 Å². The molecule has 0 aliphatic rings. The van der Waals surface area contributed by atoms with E-state index in [4.69, 9.17) is 27.9 Å². The van der Waals surface area contributed by atoms with E-state index in [1.807, 2.05) is 30.3 Å². The molecule has 1 nitrogen and oxygen atoms in total. The molecule has 0 spiro atoms. The molecule has 2 rings (SSSR count). The first-order valence-electron chi connectivity index (χ1n) is 6.75. The minimum Gasteiger partial charge on any atom is -0.494 e. The van der Waals surface area contributed by atoms with Crippen LogP contribution in [0, 0.1) is 11.7 Å². The third kappa shape index (κ3) is 4.62. The van der Waals surface area contributed by atoms with E-state index in [0.717, 1.165) is 29.0 Å². The van der Waals surface area contributed by atoms with Crippen molar-refractivity contribution in [2.24, 2.45) is 5.92 Å². The minimum absolute atomic E-state index is 0.234. The normalized spacial score (nSPS) is 12.2. The molecule has 0 heterocycles. The Balaban J connectivity index is 2.07. The average molecular weight is 327 g/mol. The van der Waals surface area contributed by atoms with E-state index in [9.17, 15) is 4.39 Å². The van der Waals surface area contributed by atoms with Gasteiger partial charge in [0.1, 0.15) is 0 Å². The maximum absolute atomic E-state index is 13.7. The number of hydrogen-bond acceptors (Lipinski definition) is 1. The maximum Gasteiger partial charge on any atom is 0.165 e. The third-order valence-corrected chi connectivity index (χ3v) is 4.04. The van der Waals surface area contributed by atoms with Crippen molar-refractivity contribution in [2.45, 2.75) is 12.8 Å². The topological polar surface area (TPSA) is 9.23 Å². The van der Waals surface area contributed by atoms with Crippen molar-refractivity contribution in [2.75, 3.05) is 13.0 Å². The van der Waals surface area contributed by atoms with Crippen LogP contribution in [0.5, 0.6) is 5.75 Å².